The number of aryl methyl sites for hydroxylation is 1. The number of carbonyl (C=O) groups excluding carboxylic acids is 2. The van der Waals surface area contributed by atoms with Crippen LogP contribution in [-0.2, 0) is 27.2 Å². The summed E-state index contributed by atoms with van der Waals surface area (Å²) in [6, 6.07) is 0. The molecule has 2 aliphatic heterocycles. The summed E-state index contributed by atoms with van der Waals surface area (Å²) < 4.78 is 12.2. The van der Waals surface area contributed by atoms with Crippen LogP contribution in [0.15, 0.2) is 0 Å². The zero-order chi connectivity index (χ0) is 15.7. The van der Waals surface area contributed by atoms with Crippen LogP contribution in [0, 0.1) is 6.92 Å². The molecule has 3 rings (SSSR count). The third-order valence-corrected chi connectivity index (χ3v) is 4.47. The minimum Gasteiger partial charge on any atom is -0.467 e. The Bertz CT molecular complexity index is 602. The lowest BCUT2D eigenvalue weighted by molar-refractivity contribution is -0.148. The van der Waals surface area contributed by atoms with Gasteiger partial charge >= 0.3 is 5.97 Å². The van der Waals surface area contributed by atoms with Crippen molar-refractivity contribution in [2.45, 2.75) is 44.7 Å². The number of amides is 1. The van der Waals surface area contributed by atoms with E-state index in [1.165, 1.54) is 7.11 Å². The van der Waals surface area contributed by atoms with E-state index in [1.807, 2.05) is 6.92 Å². The summed E-state index contributed by atoms with van der Waals surface area (Å²) in [5, 5.41) is 2.81. The molecule has 120 valence electrons. The largest absolute Gasteiger partial charge is 0.467 e. The minimum absolute atomic E-state index is 0.139. The molecule has 1 N–H and O–H groups in total. The van der Waals surface area contributed by atoms with Crippen molar-refractivity contribution in [2.24, 2.45) is 0 Å². The zero-order valence-electron chi connectivity index (χ0n) is 13.0. The van der Waals surface area contributed by atoms with Crippen LogP contribution in [0.3, 0.4) is 0 Å². The molecule has 2 aliphatic rings. The van der Waals surface area contributed by atoms with Gasteiger partial charge < -0.3 is 19.4 Å². The summed E-state index contributed by atoms with van der Waals surface area (Å²) in [7, 11) is 1.32. The maximum Gasteiger partial charge on any atom is 0.334 e. The van der Waals surface area contributed by atoms with Gasteiger partial charge in [-0.3, -0.25) is 4.79 Å². The fourth-order valence-corrected chi connectivity index (χ4v) is 3.25. The maximum absolute atomic E-state index is 12.7. The molecule has 1 atom stereocenters. The number of hydrogen-bond donors (Lipinski definition) is 1. The highest BCUT2D eigenvalue weighted by Crippen LogP contribution is 2.24. The molecule has 0 aliphatic carbocycles. The first kappa shape index (κ1) is 15.0. The summed E-state index contributed by atoms with van der Waals surface area (Å²) in [6.45, 7) is 3.36. The van der Waals surface area contributed by atoms with Gasteiger partial charge in [0.1, 0.15) is 11.5 Å². The number of nitrogens with one attached hydrogen (secondary N) is 1. The van der Waals surface area contributed by atoms with Crippen molar-refractivity contribution in [1.82, 2.24) is 14.9 Å². The summed E-state index contributed by atoms with van der Waals surface area (Å²) in [5.74, 6) is 0.0486. The van der Waals surface area contributed by atoms with Gasteiger partial charge in [0.15, 0.2) is 5.54 Å². The predicted molar refractivity (Wildman–Crippen MR) is 77.6 cm³/mol. The number of hydrogen-bond acceptors (Lipinski definition) is 5. The van der Waals surface area contributed by atoms with Crippen LogP contribution in [0.1, 0.15) is 41.3 Å². The molecule has 0 bridgehead atoms. The number of carbonyl (C=O) groups is 2. The highest BCUT2D eigenvalue weighted by Gasteiger charge is 2.45. The van der Waals surface area contributed by atoms with Crippen molar-refractivity contribution in [3.8, 4) is 0 Å². The van der Waals surface area contributed by atoms with Crippen LogP contribution in [0.4, 0.5) is 0 Å². The number of aromatic nitrogens is 2. The Morgan fingerprint density at radius 2 is 2.23 bits per heavy atom. The smallest absolute Gasteiger partial charge is 0.334 e. The molecule has 0 aromatic carbocycles. The van der Waals surface area contributed by atoms with Crippen LogP contribution >= 0.6 is 0 Å². The van der Waals surface area contributed by atoms with Crippen molar-refractivity contribution in [1.29, 1.82) is 0 Å². The van der Waals surface area contributed by atoms with E-state index < -0.39 is 11.5 Å². The Morgan fingerprint density at radius 3 is 2.91 bits per heavy atom. The van der Waals surface area contributed by atoms with Gasteiger partial charge in [0, 0.05) is 19.6 Å². The third-order valence-electron chi connectivity index (χ3n) is 4.47. The summed E-state index contributed by atoms with van der Waals surface area (Å²) in [5.41, 5.74) is 0.290. The highest BCUT2D eigenvalue weighted by molar-refractivity contribution is 5.98. The van der Waals surface area contributed by atoms with Gasteiger partial charge in [-0.15, -0.1) is 0 Å². The fraction of sp³-hybridized carbons (Fsp3) is 0.667. The Balaban J connectivity index is 1.87. The molecule has 0 radical (unpaired) electrons. The van der Waals surface area contributed by atoms with Crippen molar-refractivity contribution < 1.29 is 19.1 Å². The Labute approximate surface area is 129 Å². The van der Waals surface area contributed by atoms with Crippen molar-refractivity contribution in [3.63, 3.8) is 0 Å². The fourth-order valence-electron chi connectivity index (χ4n) is 3.25. The van der Waals surface area contributed by atoms with E-state index in [9.17, 15) is 9.59 Å². The van der Waals surface area contributed by atoms with Gasteiger partial charge in [-0.2, -0.15) is 0 Å². The Kier molecular flexibility index (Phi) is 3.90. The van der Waals surface area contributed by atoms with Crippen molar-refractivity contribution >= 4 is 11.9 Å². The molecule has 0 spiro atoms. The lowest BCUT2D eigenvalue weighted by atomic mass is 9.98. The number of rotatable bonds is 3. The summed E-state index contributed by atoms with van der Waals surface area (Å²) in [6.07, 6.45) is 3.41. The Morgan fingerprint density at radius 1 is 1.41 bits per heavy atom. The van der Waals surface area contributed by atoms with Crippen molar-refractivity contribution in [3.05, 3.63) is 17.2 Å². The number of esters is 1. The molecular formula is C15H21N3O4. The number of imidazole rings is 1. The van der Waals surface area contributed by atoms with Gasteiger partial charge in [0.05, 0.1) is 19.4 Å². The van der Waals surface area contributed by atoms with Crippen LogP contribution in [0.5, 0.6) is 0 Å². The van der Waals surface area contributed by atoms with E-state index in [0.717, 1.165) is 37.3 Å². The second-order valence-corrected chi connectivity index (χ2v) is 5.89. The zero-order valence-corrected chi connectivity index (χ0v) is 13.0. The molecule has 1 saturated heterocycles. The van der Waals surface area contributed by atoms with Gasteiger partial charge in [0.25, 0.3) is 5.91 Å². The van der Waals surface area contributed by atoms with Gasteiger partial charge in [0.2, 0.25) is 0 Å². The normalized spacial score (nSPS) is 23.9. The lowest BCUT2D eigenvalue weighted by Gasteiger charge is -2.25. The van der Waals surface area contributed by atoms with Gasteiger partial charge in [-0.25, -0.2) is 9.78 Å². The van der Waals surface area contributed by atoms with E-state index in [1.54, 1.807) is 0 Å². The predicted octanol–water partition coefficient (Wildman–Crippen LogP) is 0.590. The van der Waals surface area contributed by atoms with Gasteiger partial charge in [-0.1, -0.05) is 0 Å². The number of ether oxygens (including phenoxy) is 2. The molecule has 22 heavy (non-hydrogen) atoms. The first-order valence-corrected chi connectivity index (χ1v) is 7.62. The minimum atomic E-state index is -1.09. The molecule has 1 aromatic heterocycles. The van der Waals surface area contributed by atoms with E-state index >= 15 is 0 Å². The quantitative estimate of drug-likeness (QED) is 0.827. The van der Waals surface area contributed by atoms with Crippen LogP contribution in [0.25, 0.3) is 0 Å². The monoisotopic (exact) mass is 307 g/mol. The average Bonchev–Trinajstić information content (AvgIpc) is 3.13. The second kappa shape index (κ2) is 5.72. The first-order valence-electron chi connectivity index (χ1n) is 7.62. The van der Waals surface area contributed by atoms with E-state index in [0.29, 0.717) is 18.7 Å². The van der Waals surface area contributed by atoms with Crippen LogP contribution < -0.4 is 5.32 Å². The molecule has 1 aromatic rings. The average molecular weight is 307 g/mol. The number of fused-ring (bicyclic) bond motifs is 1. The topological polar surface area (TPSA) is 82.5 Å². The molecule has 1 fully saturated rings. The Hall–Kier alpha value is -1.89. The second-order valence-electron chi connectivity index (χ2n) is 5.89. The van der Waals surface area contributed by atoms with Crippen LogP contribution in [0.2, 0.25) is 0 Å². The molecule has 0 saturated carbocycles. The molecular weight excluding hydrogens is 286 g/mol. The van der Waals surface area contributed by atoms with E-state index in [4.69, 9.17) is 9.47 Å². The van der Waals surface area contributed by atoms with Crippen molar-refractivity contribution in [2.75, 3.05) is 20.3 Å². The highest BCUT2D eigenvalue weighted by atomic mass is 16.5. The summed E-state index contributed by atoms with van der Waals surface area (Å²) in [4.78, 5) is 29.1. The molecule has 7 heteroatoms. The first-order chi connectivity index (χ1) is 10.6. The van der Waals surface area contributed by atoms with Crippen LogP contribution in [-0.4, -0.2) is 47.3 Å². The number of nitrogens with zero attached hydrogens (tertiary/aromatic N) is 2. The van der Waals surface area contributed by atoms with E-state index in [-0.39, 0.29) is 12.5 Å². The van der Waals surface area contributed by atoms with E-state index in [2.05, 4.69) is 14.9 Å². The molecule has 1 amide bonds. The third kappa shape index (κ3) is 2.39. The SMILES string of the molecule is COC(=O)C1(NC(=O)c2nc(C)n3c2CCCC3)CCOC1. The molecule has 1 unspecified atom stereocenters. The number of methoxy groups -OCH3 is 1. The molecule has 3 heterocycles. The lowest BCUT2D eigenvalue weighted by Crippen LogP contribution is -2.56. The summed E-state index contributed by atoms with van der Waals surface area (Å²) >= 11 is 0. The maximum atomic E-state index is 12.7. The van der Waals surface area contributed by atoms with Gasteiger partial charge in [-0.05, 0) is 26.2 Å². The standard InChI is InChI=1S/C15H21N3O4/c1-10-16-12(11-5-3-4-7-18(10)11)13(19)17-15(14(20)21-2)6-8-22-9-15/h3-9H2,1-2H3,(H,17,19). The molecule has 7 nitrogen and oxygen atoms in total.